The molecule has 0 atom stereocenters. The number of rotatable bonds is 8. The molecule has 0 radical (unpaired) electrons. The van der Waals surface area contributed by atoms with E-state index in [1.54, 1.807) is 13.8 Å². The van der Waals surface area contributed by atoms with E-state index in [-0.39, 0.29) is 18.3 Å². The van der Waals surface area contributed by atoms with Gasteiger partial charge in [0.25, 0.3) is 0 Å². The van der Waals surface area contributed by atoms with Crippen LogP contribution in [0.2, 0.25) is 0 Å². The van der Waals surface area contributed by atoms with Gasteiger partial charge < -0.3 is 14.6 Å². The molecule has 8 nitrogen and oxygen atoms in total. The first-order valence-corrected chi connectivity index (χ1v) is 11.3. The zero-order valence-electron chi connectivity index (χ0n) is 17.3. The summed E-state index contributed by atoms with van der Waals surface area (Å²) in [7, 11) is 0. The van der Waals surface area contributed by atoms with E-state index in [2.05, 4.69) is 26.6 Å². The summed E-state index contributed by atoms with van der Waals surface area (Å²) < 4.78 is 6.99. The molecule has 3 aromatic rings. The fourth-order valence-corrected chi connectivity index (χ4v) is 4.48. The zero-order chi connectivity index (χ0) is 21.7. The van der Waals surface area contributed by atoms with Crippen LogP contribution >= 0.6 is 23.1 Å². The van der Waals surface area contributed by atoms with Crippen molar-refractivity contribution in [1.29, 1.82) is 0 Å². The SMILES string of the molecule is CCOC(=O)c1sc(NC(=O)CSc2nnc(-c3cccc(C)c3)n2CC)nc1C. The second-order valence-corrected chi connectivity index (χ2v) is 8.35. The fourth-order valence-electron chi connectivity index (χ4n) is 2.80. The number of thioether (sulfide) groups is 1. The molecule has 1 aromatic carbocycles. The molecule has 0 bridgehead atoms. The van der Waals surface area contributed by atoms with Gasteiger partial charge >= 0.3 is 5.97 Å². The van der Waals surface area contributed by atoms with Crippen LogP contribution in [0.1, 0.15) is 34.8 Å². The number of esters is 1. The molecule has 0 aliphatic heterocycles. The number of amides is 1. The van der Waals surface area contributed by atoms with Crippen molar-refractivity contribution in [2.75, 3.05) is 17.7 Å². The maximum Gasteiger partial charge on any atom is 0.350 e. The summed E-state index contributed by atoms with van der Waals surface area (Å²) in [4.78, 5) is 28.9. The first-order valence-electron chi connectivity index (χ1n) is 9.50. The summed E-state index contributed by atoms with van der Waals surface area (Å²) in [5, 5.41) is 12.3. The van der Waals surface area contributed by atoms with Gasteiger partial charge in [0.1, 0.15) is 4.88 Å². The second kappa shape index (κ2) is 9.86. The Morgan fingerprint density at radius 1 is 1.23 bits per heavy atom. The number of hydrogen-bond acceptors (Lipinski definition) is 8. The zero-order valence-corrected chi connectivity index (χ0v) is 18.9. The van der Waals surface area contributed by atoms with E-state index in [1.807, 2.05) is 36.6 Å². The number of carbonyl (C=O) groups excluding carboxylic acids is 2. The molecular formula is C20H23N5O3S2. The fraction of sp³-hybridized carbons (Fsp3) is 0.350. The lowest BCUT2D eigenvalue weighted by Crippen LogP contribution is -2.14. The lowest BCUT2D eigenvalue weighted by Gasteiger charge is -2.07. The van der Waals surface area contributed by atoms with Gasteiger partial charge in [0.15, 0.2) is 16.1 Å². The quantitative estimate of drug-likeness (QED) is 0.414. The number of nitrogens with one attached hydrogen (secondary N) is 1. The van der Waals surface area contributed by atoms with E-state index in [4.69, 9.17) is 4.74 Å². The van der Waals surface area contributed by atoms with Crippen molar-refractivity contribution >= 4 is 40.1 Å². The first kappa shape index (κ1) is 22.0. The Balaban J connectivity index is 1.65. The van der Waals surface area contributed by atoms with Gasteiger partial charge in [-0.3, -0.25) is 4.79 Å². The Bertz CT molecular complexity index is 1060. The van der Waals surface area contributed by atoms with Crippen LogP contribution < -0.4 is 5.32 Å². The maximum atomic E-state index is 12.4. The van der Waals surface area contributed by atoms with Crippen LogP contribution in [0.25, 0.3) is 11.4 Å². The molecular weight excluding hydrogens is 422 g/mol. The molecule has 0 aliphatic carbocycles. The lowest BCUT2D eigenvalue weighted by molar-refractivity contribution is -0.113. The molecule has 1 amide bonds. The van der Waals surface area contributed by atoms with E-state index in [0.717, 1.165) is 28.3 Å². The normalized spacial score (nSPS) is 10.8. The highest BCUT2D eigenvalue weighted by Crippen LogP contribution is 2.26. The van der Waals surface area contributed by atoms with Gasteiger partial charge in [-0.2, -0.15) is 0 Å². The number of aryl methyl sites for hydroxylation is 2. The van der Waals surface area contributed by atoms with Crippen LogP contribution in [-0.4, -0.2) is 44.0 Å². The molecule has 2 heterocycles. The number of hydrogen-bond donors (Lipinski definition) is 1. The number of carbonyl (C=O) groups is 2. The molecule has 0 aliphatic rings. The molecule has 0 unspecified atom stereocenters. The average Bonchev–Trinajstić information content (AvgIpc) is 3.29. The summed E-state index contributed by atoms with van der Waals surface area (Å²) in [6.07, 6.45) is 0. The lowest BCUT2D eigenvalue weighted by atomic mass is 10.1. The molecule has 2 aromatic heterocycles. The van der Waals surface area contributed by atoms with Gasteiger partial charge in [-0.25, -0.2) is 9.78 Å². The molecule has 1 N–H and O–H groups in total. The van der Waals surface area contributed by atoms with Crippen LogP contribution in [0, 0.1) is 13.8 Å². The Labute approximate surface area is 183 Å². The van der Waals surface area contributed by atoms with E-state index in [1.165, 1.54) is 11.8 Å². The van der Waals surface area contributed by atoms with Crippen molar-refractivity contribution in [3.63, 3.8) is 0 Å². The summed E-state index contributed by atoms with van der Waals surface area (Å²) in [6.45, 7) is 8.48. The number of anilines is 1. The van der Waals surface area contributed by atoms with Gasteiger partial charge in [0, 0.05) is 12.1 Å². The topological polar surface area (TPSA) is 99.0 Å². The number of aromatic nitrogens is 4. The van der Waals surface area contributed by atoms with Crippen LogP contribution in [0.3, 0.4) is 0 Å². The third-order valence-corrected chi connectivity index (χ3v) is 6.17. The van der Waals surface area contributed by atoms with Crippen molar-refractivity contribution < 1.29 is 14.3 Å². The van der Waals surface area contributed by atoms with Crippen molar-refractivity contribution in [3.05, 3.63) is 40.4 Å². The highest BCUT2D eigenvalue weighted by molar-refractivity contribution is 7.99. The summed E-state index contributed by atoms with van der Waals surface area (Å²) in [5.74, 6) is 0.270. The molecule has 0 saturated heterocycles. The number of nitrogens with zero attached hydrogens (tertiary/aromatic N) is 4. The van der Waals surface area contributed by atoms with Crippen molar-refractivity contribution in [2.24, 2.45) is 0 Å². The predicted molar refractivity (Wildman–Crippen MR) is 118 cm³/mol. The molecule has 0 saturated carbocycles. The molecule has 3 rings (SSSR count). The van der Waals surface area contributed by atoms with Gasteiger partial charge in [0.05, 0.1) is 18.1 Å². The minimum atomic E-state index is -0.429. The standard InChI is InChI=1S/C20H23N5O3S2/c1-5-25-17(14-9-7-8-12(3)10-14)23-24-20(25)29-11-15(26)22-19-21-13(4)16(30-19)18(27)28-6-2/h7-10H,5-6,11H2,1-4H3,(H,21,22,26). The first-order chi connectivity index (χ1) is 14.4. The average molecular weight is 446 g/mol. The van der Waals surface area contributed by atoms with Crippen LogP contribution in [-0.2, 0) is 16.1 Å². The van der Waals surface area contributed by atoms with E-state index in [0.29, 0.717) is 27.4 Å². The van der Waals surface area contributed by atoms with Crippen molar-refractivity contribution in [1.82, 2.24) is 19.7 Å². The minimum absolute atomic E-state index is 0.152. The van der Waals surface area contributed by atoms with E-state index >= 15 is 0 Å². The van der Waals surface area contributed by atoms with Gasteiger partial charge in [-0.1, -0.05) is 46.9 Å². The van der Waals surface area contributed by atoms with Gasteiger partial charge in [0.2, 0.25) is 5.91 Å². The largest absolute Gasteiger partial charge is 0.462 e. The van der Waals surface area contributed by atoms with Crippen LogP contribution in [0.4, 0.5) is 5.13 Å². The Morgan fingerprint density at radius 3 is 2.73 bits per heavy atom. The van der Waals surface area contributed by atoms with Crippen molar-refractivity contribution in [2.45, 2.75) is 39.4 Å². The molecule has 10 heteroatoms. The van der Waals surface area contributed by atoms with Gasteiger partial charge in [-0.15, -0.1) is 10.2 Å². The third-order valence-electron chi connectivity index (χ3n) is 4.15. The number of thiazole rings is 1. The van der Waals surface area contributed by atoms with Crippen molar-refractivity contribution in [3.8, 4) is 11.4 Å². The summed E-state index contributed by atoms with van der Waals surface area (Å²) in [6, 6.07) is 8.07. The monoisotopic (exact) mass is 445 g/mol. The Kier molecular flexibility index (Phi) is 7.22. The number of ether oxygens (including phenoxy) is 1. The summed E-state index contributed by atoms with van der Waals surface area (Å²) >= 11 is 2.41. The highest BCUT2D eigenvalue weighted by Gasteiger charge is 2.19. The molecule has 158 valence electrons. The third kappa shape index (κ3) is 5.06. The molecule has 0 spiro atoms. The smallest absolute Gasteiger partial charge is 0.350 e. The maximum absolute atomic E-state index is 12.4. The Hall–Kier alpha value is -2.72. The molecule has 0 fully saturated rings. The van der Waals surface area contributed by atoms with Crippen LogP contribution in [0.15, 0.2) is 29.4 Å². The Morgan fingerprint density at radius 2 is 2.03 bits per heavy atom. The molecule has 30 heavy (non-hydrogen) atoms. The van der Waals surface area contributed by atoms with E-state index < -0.39 is 5.97 Å². The van der Waals surface area contributed by atoms with Crippen LogP contribution in [0.5, 0.6) is 0 Å². The number of benzene rings is 1. The second-order valence-electron chi connectivity index (χ2n) is 6.41. The highest BCUT2D eigenvalue weighted by atomic mass is 32.2. The van der Waals surface area contributed by atoms with E-state index in [9.17, 15) is 9.59 Å². The van der Waals surface area contributed by atoms with Gasteiger partial charge in [-0.05, 0) is 33.8 Å². The summed E-state index contributed by atoms with van der Waals surface area (Å²) in [5.41, 5.74) is 2.67. The predicted octanol–water partition coefficient (Wildman–Crippen LogP) is 3.95. The minimum Gasteiger partial charge on any atom is -0.462 e.